The molecular weight excluding hydrogens is 262 g/mol. The average Bonchev–Trinajstić information content (AvgIpc) is 2.45. The molecule has 6 heteroatoms. The van der Waals surface area contributed by atoms with Gasteiger partial charge in [0.1, 0.15) is 6.10 Å². The Morgan fingerprint density at radius 2 is 2.30 bits per heavy atom. The lowest BCUT2D eigenvalue weighted by molar-refractivity contribution is -0.334. The molecule has 6 nitrogen and oxygen atoms in total. The number of hydrogen-bond acceptors (Lipinski definition) is 6. The monoisotopic (exact) mass is 283 g/mol. The van der Waals surface area contributed by atoms with E-state index >= 15 is 0 Å². The van der Waals surface area contributed by atoms with Gasteiger partial charge in [0, 0.05) is 18.8 Å². The molecule has 0 spiro atoms. The van der Waals surface area contributed by atoms with E-state index in [1.165, 1.54) is 0 Å². The number of nitrogens with zero attached hydrogens (tertiary/aromatic N) is 1. The van der Waals surface area contributed by atoms with Gasteiger partial charge < -0.3 is 24.8 Å². The Labute approximate surface area is 118 Å². The van der Waals surface area contributed by atoms with Gasteiger partial charge in [0.25, 0.3) is 0 Å². The molecule has 3 unspecified atom stereocenters. The molecule has 1 saturated heterocycles. The molecule has 1 aromatic rings. The molecule has 1 aliphatic heterocycles. The SMILES string of the molecule is C[C@]1(OCCc2cccnc2)OC(CO)CC(O)C1O. The Bertz CT molecular complexity index is 415. The summed E-state index contributed by atoms with van der Waals surface area (Å²) in [6, 6.07) is 3.77. The van der Waals surface area contributed by atoms with E-state index in [9.17, 15) is 10.2 Å². The van der Waals surface area contributed by atoms with Crippen molar-refractivity contribution in [1.29, 1.82) is 0 Å². The first kappa shape index (κ1) is 15.3. The quantitative estimate of drug-likeness (QED) is 0.696. The molecule has 0 amide bonds. The van der Waals surface area contributed by atoms with Crippen LogP contribution in [-0.2, 0) is 15.9 Å². The van der Waals surface area contributed by atoms with Crippen LogP contribution in [-0.4, -0.2) is 57.6 Å². The summed E-state index contributed by atoms with van der Waals surface area (Å²) in [5.41, 5.74) is 1.01. The minimum Gasteiger partial charge on any atom is -0.394 e. The predicted molar refractivity (Wildman–Crippen MR) is 70.9 cm³/mol. The minimum absolute atomic E-state index is 0.194. The van der Waals surface area contributed by atoms with Crippen LogP contribution >= 0.6 is 0 Å². The molecule has 0 saturated carbocycles. The van der Waals surface area contributed by atoms with Crippen molar-refractivity contribution in [3.8, 4) is 0 Å². The van der Waals surface area contributed by atoms with Gasteiger partial charge in [-0.2, -0.15) is 0 Å². The predicted octanol–water partition coefficient (Wildman–Crippen LogP) is -0.140. The maximum atomic E-state index is 10.0. The van der Waals surface area contributed by atoms with Gasteiger partial charge in [-0.25, -0.2) is 0 Å². The topological polar surface area (TPSA) is 92.0 Å². The standard InChI is InChI=1S/C14H21NO5/c1-14(13(18)12(17)7-11(9-16)20-14)19-6-4-10-3-2-5-15-8-10/h2-3,5,8,11-13,16-18H,4,6-7,9H2,1H3/t11?,12?,13?,14-/m0/s1. The second-order valence-electron chi connectivity index (χ2n) is 5.15. The Kier molecular flexibility index (Phi) is 5.06. The molecule has 4 atom stereocenters. The van der Waals surface area contributed by atoms with Crippen LogP contribution in [0.4, 0.5) is 0 Å². The van der Waals surface area contributed by atoms with E-state index in [-0.39, 0.29) is 13.0 Å². The molecule has 0 bridgehead atoms. The third kappa shape index (κ3) is 3.53. The van der Waals surface area contributed by atoms with Crippen molar-refractivity contribution < 1.29 is 24.8 Å². The zero-order chi connectivity index (χ0) is 14.6. The summed E-state index contributed by atoms with van der Waals surface area (Å²) in [5, 5.41) is 29.0. The van der Waals surface area contributed by atoms with Gasteiger partial charge >= 0.3 is 0 Å². The second-order valence-corrected chi connectivity index (χ2v) is 5.15. The molecule has 0 radical (unpaired) electrons. The number of rotatable bonds is 5. The zero-order valence-corrected chi connectivity index (χ0v) is 11.5. The first-order chi connectivity index (χ1) is 9.55. The zero-order valence-electron chi connectivity index (χ0n) is 11.5. The molecule has 0 aromatic carbocycles. The average molecular weight is 283 g/mol. The van der Waals surface area contributed by atoms with Crippen LogP contribution in [0.3, 0.4) is 0 Å². The van der Waals surface area contributed by atoms with Crippen molar-refractivity contribution in [3.63, 3.8) is 0 Å². The molecule has 1 aliphatic rings. The van der Waals surface area contributed by atoms with Crippen molar-refractivity contribution in [2.45, 2.75) is 43.9 Å². The Balaban J connectivity index is 1.92. The lowest BCUT2D eigenvalue weighted by Gasteiger charge is -2.43. The number of hydrogen-bond donors (Lipinski definition) is 3. The number of pyridine rings is 1. The van der Waals surface area contributed by atoms with Crippen molar-refractivity contribution >= 4 is 0 Å². The molecular formula is C14H21NO5. The summed E-state index contributed by atoms with van der Waals surface area (Å²) in [7, 11) is 0. The van der Waals surface area contributed by atoms with E-state index in [1.807, 2.05) is 12.1 Å². The first-order valence-corrected chi connectivity index (χ1v) is 6.73. The molecule has 3 N–H and O–H groups in total. The van der Waals surface area contributed by atoms with Gasteiger partial charge in [0.05, 0.1) is 25.4 Å². The van der Waals surface area contributed by atoms with Gasteiger partial charge in [-0.3, -0.25) is 4.98 Å². The van der Waals surface area contributed by atoms with E-state index in [0.29, 0.717) is 13.0 Å². The largest absolute Gasteiger partial charge is 0.394 e. The van der Waals surface area contributed by atoms with Crippen molar-refractivity contribution in [3.05, 3.63) is 30.1 Å². The fourth-order valence-electron chi connectivity index (χ4n) is 2.35. The summed E-state index contributed by atoms with van der Waals surface area (Å²) < 4.78 is 11.2. The van der Waals surface area contributed by atoms with E-state index in [2.05, 4.69) is 4.98 Å². The fourth-order valence-corrected chi connectivity index (χ4v) is 2.35. The van der Waals surface area contributed by atoms with E-state index in [0.717, 1.165) is 5.56 Å². The van der Waals surface area contributed by atoms with Gasteiger partial charge in [-0.15, -0.1) is 0 Å². The van der Waals surface area contributed by atoms with Crippen molar-refractivity contribution in [2.24, 2.45) is 0 Å². The lowest BCUT2D eigenvalue weighted by atomic mass is 9.96. The molecule has 2 rings (SSSR count). The third-order valence-corrected chi connectivity index (χ3v) is 3.51. The highest BCUT2D eigenvalue weighted by molar-refractivity contribution is 5.08. The molecule has 2 heterocycles. The van der Waals surface area contributed by atoms with Gasteiger partial charge in [-0.05, 0) is 25.0 Å². The van der Waals surface area contributed by atoms with Gasteiger partial charge in [-0.1, -0.05) is 6.07 Å². The van der Waals surface area contributed by atoms with Gasteiger partial charge in [0.2, 0.25) is 0 Å². The summed E-state index contributed by atoms with van der Waals surface area (Å²) in [6.07, 6.45) is 1.62. The smallest absolute Gasteiger partial charge is 0.194 e. The number of ether oxygens (including phenoxy) is 2. The molecule has 1 fully saturated rings. The van der Waals surface area contributed by atoms with Crippen LogP contribution < -0.4 is 0 Å². The molecule has 112 valence electrons. The Hall–Kier alpha value is -1.05. The van der Waals surface area contributed by atoms with Crippen molar-refractivity contribution in [2.75, 3.05) is 13.2 Å². The highest BCUT2D eigenvalue weighted by atomic mass is 16.7. The van der Waals surface area contributed by atoms with Crippen LogP contribution in [0.25, 0.3) is 0 Å². The summed E-state index contributed by atoms with van der Waals surface area (Å²) >= 11 is 0. The van der Waals surface area contributed by atoms with E-state index in [4.69, 9.17) is 14.6 Å². The first-order valence-electron chi connectivity index (χ1n) is 6.73. The minimum atomic E-state index is -1.31. The van der Waals surface area contributed by atoms with Crippen LogP contribution in [0, 0.1) is 0 Å². The van der Waals surface area contributed by atoms with Crippen molar-refractivity contribution in [1.82, 2.24) is 4.98 Å². The Morgan fingerprint density at radius 1 is 1.50 bits per heavy atom. The number of aliphatic hydroxyl groups excluding tert-OH is 3. The van der Waals surface area contributed by atoms with Gasteiger partial charge in [0.15, 0.2) is 5.79 Å². The highest BCUT2D eigenvalue weighted by Crippen LogP contribution is 2.30. The second kappa shape index (κ2) is 6.60. The molecule has 1 aromatic heterocycles. The Morgan fingerprint density at radius 3 is 2.95 bits per heavy atom. The van der Waals surface area contributed by atoms with E-state index in [1.54, 1.807) is 19.3 Å². The fraction of sp³-hybridized carbons (Fsp3) is 0.643. The van der Waals surface area contributed by atoms with Crippen LogP contribution in [0.5, 0.6) is 0 Å². The van der Waals surface area contributed by atoms with E-state index < -0.39 is 24.1 Å². The number of aliphatic hydroxyl groups is 3. The summed E-state index contributed by atoms with van der Waals surface area (Å²) in [5.74, 6) is -1.31. The third-order valence-electron chi connectivity index (χ3n) is 3.51. The molecule has 20 heavy (non-hydrogen) atoms. The highest BCUT2D eigenvalue weighted by Gasteiger charge is 2.46. The van der Waals surface area contributed by atoms with Crippen LogP contribution in [0.2, 0.25) is 0 Å². The normalized spacial score (nSPS) is 34.1. The summed E-state index contributed by atoms with van der Waals surface area (Å²) in [4.78, 5) is 4.01. The van der Waals surface area contributed by atoms with Crippen LogP contribution in [0.15, 0.2) is 24.5 Å². The lowest BCUT2D eigenvalue weighted by Crippen LogP contribution is -2.58. The number of aromatic nitrogens is 1. The summed E-state index contributed by atoms with van der Waals surface area (Å²) in [6.45, 7) is 1.68. The molecule has 0 aliphatic carbocycles. The maximum Gasteiger partial charge on any atom is 0.194 e. The maximum absolute atomic E-state index is 10.0. The van der Waals surface area contributed by atoms with Crippen LogP contribution in [0.1, 0.15) is 18.9 Å².